The number of carbonyl (C=O) groups is 2. The van der Waals surface area contributed by atoms with Gasteiger partial charge in [0.25, 0.3) is 5.91 Å². The molecule has 0 unspecified atom stereocenters. The molecule has 7 heteroatoms. The summed E-state index contributed by atoms with van der Waals surface area (Å²) < 4.78 is 1.28. The topological polar surface area (TPSA) is 102 Å². The highest BCUT2D eigenvalue weighted by Gasteiger charge is 2.24. The van der Waals surface area contributed by atoms with Gasteiger partial charge in [0.05, 0.1) is 23.8 Å². The zero-order valence-electron chi connectivity index (χ0n) is 11.7. The highest BCUT2D eigenvalue weighted by molar-refractivity contribution is 6.17. The molecule has 1 aliphatic rings. The molecule has 22 heavy (non-hydrogen) atoms. The summed E-state index contributed by atoms with van der Waals surface area (Å²) in [6.07, 6.45) is 1.47. The fraction of sp³-hybridized carbons (Fsp3) is 0.133. The van der Waals surface area contributed by atoms with Gasteiger partial charge < -0.3 is 11.1 Å². The fourth-order valence-electron chi connectivity index (χ4n) is 2.39. The van der Waals surface area contributed by atoms with Crippen LogP contribution in [0, 0.1) is 17.9 Å². The first-order valence-electron chi connectivity index (χ1n) is 6.50. The lowest BCUT2D eigenvalue weighted by molar-refractivity contribution is 0.0957. The number of amides is 2. The van der Waals surface area contributed by atoms with Gasteiger partial charge in [-0.15, -0.1) is 0 Å². The third-order valence-electron chi connectivity index (χ3n) is 3.26. The van der Waals surface area contributed by atoms with E-state index in [2.05, 4.69) is 33.8 Å². The van der Waals surface area contributed by atoms with Crippen molar-refractivity contribution in [1.29, 1.82) is 0 Å². The maximum absolute atomic E-state index is 12.0. The van der Waals surface area contributed by atoms with Crippen LogP contribution in [0.4, 0.5) is 4.79 Å². The number of hydrogen-bond donors (Lipinski definition) is 3. The molecule has 7 nitrogen and oxygen atoms in total. The number of nitrogens with one attached hydrogen (secondary N) is 2. The van der Waals surface area contributed by atoms with Crippen molar-refractivity contribution in [3.8, 4) is 11.8 Å². The van der Waals surface area contributed by atoms with Crippen LogP contribution in [0.1, 0.15) is 21.6 Å². The summed E-state index contributed by atoms with van der Waals surface area (Å²) in [7, 11) is 1.77. The van der Waals surface area contributed by atoms with Gasteiger partial charge in [-0.3, -0.25) is 9.36 Å². The lowest BCUT2D eigenvalue weighted by Gasteiger charge is -2.03. The van der Waals surface area contributed by atoms with Gasteiger partial charge in [0.2, 0.25) is 0 Å². The zero-order chi connectivity index (χ0) is 15.7. The van der Waals surface area contributed by atoms with Crippen LogP contribution >= 0.6 is 0 Å². The Kier molecular flexibility index (Phi) is 3.37. The van der Waals surface area contributed by atoms with E-state index in [0.29, 0.717) is 34.3 Å². The van der Waals surface area contributed by atoms with Crippen LogP contribution in [0.3, 0.4) is 0 Å². The monoisotopic (exact) mass is 294 g/mol. The summed E-state index contributed by atoms with van der Waals surface area (Å²) in [6.45, 7) is 0.451. The highest BCUT2D eigenvalue weighted by Crippen LogP contribution is 2.28. The molecule has 1 aromatic carbocycles. The van der Waals surface area contributed by atoms with Gasteiger partial charge in [-0.25, -0.2) is 10.2 Å². The number of primary amides is 1. The second-order valence-electron chi connectivity index (χ2n) is 4.60. The van der Waals surface area contributed by atoms with Gasteiger partial charge in [-0.1, -0.05) is 5.92 Å². The molecule has 1 radical (unpaired) electrons. The van der Waals surface area contributed by atoms with Crippen molar-refractivity contribution < 1.29 is 9.59 Å². The molecule has 3 rings (SSSR count). The average molecular weight is 294 g/mol. The fourth-order valence-corrected chi connectivity index (χ4v) is 2.39. The Labute approximate surface area is 126 Å². The first-order chi connectivity index (χ1) is 10.6. The summed E-state index contributed by atoms with van der Waals surface area (Å²) in [4.78, 5) is 23.9. The molecule has 1 aliphatic heterocycles. The summed E-state index contributed by atoms with van der Waals surface area (Å²) in [5.41, 5.74) is 9.73. The Balaban J connectivity index is 2.42. The Morgan fingerprint density at radius 2 is 2.36 bits per heavy atom. The van der Waals surface area contributed by atoms with Crippen LogP contribution < -0.4 is 16.5 Å². The van der Waals surface area contributed by atoms with E-state index in [9.17, 15) is 9.59 Å². The number of nitrogens with two attached hydrogens (primary N) is 1. The van der Waals surface area contributed by atoms with Crippen molar-refractivity contribution >= 4 is 29.1 Å². The molecular weight excluding hydrogens is 282 g/mol. The van der Waals surface area contributed by atoms with Crippen LogP contribution in [0.2, 0.25) is 0 Å². The minimum atomic E-state index is -0.676. The summed E-state index contributed by atoms with van der Waals surface area (Å²) in [5.74, 6) is 5.44. The predicted octanol–water partition coefficient (Wildman–Crippen LogP) is 0.0165. The summed E-state index contributed by atoms with van der Waals surface area (Å²) in [6, 6.07) is 5.32. The van der Waals surface area contributed by atoms with Crippen molar-refractivity contribution in [3.05, 3.63) is 35.0 Å². The van der Waals surface area contributed by atoms with Crippen molar-refractivity contribution in [2.45, 2.75) is 0 Å². The van der Waals surface area contributed by atoms with Crippen molar-refractivity contribution in [1.82, 2.24) is 15.3 Å². The van der Waals surface area contributed by atoms with E-state index in [1.807, 2.05) is 0 Å². The minimum absolute atomic E-state index is 0.367. The largest absolute Gasteiger partial charge is 0.351 e. The van der Waals surface area contributed by atoms with E-state index < -0.39 is 6.03 Å². The normalized spacial score (nSPS) is 12.5. The summed E-state index contributed by atoms with van der Waals surface area (Å²) in [5, 5.41) is 7.35. The van der Waals surface area contributed by atoms with Gasteiger partial charge in [0.1, 0.15) is 5.69 Å². The molecule has 2 amide bonds. The van der Waals surface area contributed by atoms with E-state index in [1.165, 1.54) is 10.8 Å². The van der Waals surface area contributed by atoms with E-state index >= 15 is 0 Å². The predicted molar refractivity (Wildman–Crippen MR) is 81.6 cm³/mol. The van der Waals surface area contributed by atoms with Crippen LogP contribution in [0.25, 0.3) is 10.9 Å². The van der Waals surface area contributed by atoms with Crippen molar-refractivity contribution in [2.75, 3.05) is 13.6 Å². The Bertz CT molecular complexity index is 883. The number of nitrogens with zero attached hydrogens (tertiary/aromatic N) is 2. The molecule has 4 N–H and O–H groups in total. The minimum Gasteiger partial charge on any atom is -0.351 e. The summed E-state index contributed by atoms with van der Waals surface area (Å²) >= 11 is 0. The van der Waals surface area contributed by atoms with Crippen molar-refractivity contribution in [3.63, 3.8) is 0 Å². The van der Waals surface area contributed by atoms with Crippen LogP contribution in [0.5, 0.6) is 0 Å². The van der Waals surface area contributed by atoms with E-state index in [4.69, 9.17) is 5.73 Å². The molecule has 2 heterocycles. The first-order valence-corrected chi connectivity index (χ1v) is 6.50. The van der Waals surface area contributed by atoms with Gasteiger partial charge in [0, 0.05) is 10.9 Å². The molecular formula is C15H12N5O2. The molecule has 109 valence electrons. The van der Waals surface area contributed by atoms with E-state index in [1.54, 1.807) is 19.2 Å². The van der Waals surface area contributed by atoms with E-state index in [-0.39, 0.29) is 5.91 Å². The Hall–Kier alpha value is -3.11. The molecule has 0 saturated carbocycles. The third kappa shape index (κ3) is 2.03. The van der Waals surface area contributed by atoms with Crippen LogP contribution in [-0.4, -0.2) is 36.3 Å². The second-order valence-corrected chi connectivity index (χ2v) is 4.60. The van der Waals surface area contributed by atoms with Gasteiger partial charge in [-0.2, -0.15) is 5.10 Å². The lowest BCUT2D eigenvalue weighted by Crippen LogP contribution is -2.21. The quantitative estimate of drug-likeness (QED) is 0.646. The zero-order valence-corrected chi connectivity index (χ0v) is 11.7. The average Bonchev–Trinajstić information content (AvgIpc) is 2.70. The smallest absolute Gasteiger partial charge is 0.324 e. The van der Waals surface area contributed by atoms with Crippen molar-refractivity contribution in [2.24, 2.45) is 10.8 Å². The van der Waals surface area contributed by atoms with Crippen LogP contribution in [0.15, 0.2) is 17.2 Å². The molecule has 0 atom stereocenters. The second kappa shape index (κ2) is 5.35. The van der Waals surface area contributed by atoms with E-state index in [0.717, 1.165) is 0 Å². The highest BCUT2D eigenvalue weighted by atomic mass is 16.2. The first kappa shape index (κ1) is 13.9. The Morgan fingerprint density at radius 3 is 3.09 bits per heavy atom. The number of hydrogen-bond acceptors (Lipinski definition) is 4. The lowest BCUT2D eigenvalue weighted by atomic mass is 10.1. The number of hydrazone groups is 1. The standard InChI is InChI=1S/C15H12N5O2/c1-17-7-3-6-11-10-8-18-19-14(21)9-4-2-5-12(13(9)10)20(11)15(16)22/h4-5,8,17H,7H2,1H3,(H2,16,22)(H,19,21). The molecule has 0 fully saturated rings. The molecule has 0 aliphatic carbocycles. The molecule has 2 aromatic rings. The van der Waals surface area contributed by atoms with Crippen LogP contribution in [-0.2, 0) is 0 Å². The van der Waals surface area contributed by atoms with Gasteiger partial charge in [0.15, 0.2) is 0 Å². The Morgan fingerprint density at radius 1 is 1.55 bits per heavy atom. The molecule has 1 aromatic heterocycles. The van der Waals surface area contributed by atoms with Gasteiger partial charge >= 0.3 is 6.03 Å². The SMILES string of the molecule is CNCC#Cc1c2c3c(c[c]cc3n1C(N)=O)C(=O)NN=C2. The maximum atomic E-state index is 12.0. The molecule has 0 bridgehead atoms. The molecule has 0 spiro atoms. The number of rotatable bonds is 1. The third-order valence-corrected chi connectivity index (χ3v) is 3.26. The number of benzene rings is 1. The number of aromatic nitrogens is 1. The molecule has 0 saturated heterocycles. The maximum Gasteiger partial charge on any atom is 0.324 e. The van der Waals surface area contributed by atoms with Gasteiger partial charge in [-0.05, 0) is 31.2 Å². The number of carbonyl (C=O) groups excluding carboxylic acids is 2.